The molecule has 1 rings (SSSR count). The summed E-state index contributed by atoms with van der Waals surface area (Å²) < 4.78 is 30.7. The van der Waals surface area contributed by atoms with E-state index in [1.807, 2.05) is 6.07 Å². The lowest BCUT2D eigenvalue weighted by molar-refractivity contribution is -0.140. The van der Waals surface area contributed by atoms with Crippen molar-refractivity contribution in [2.45, 2.75) is 18.2 Å². The number of rotatable bonds is 5. The van der Waals surface area contributed by atoms with Crippen LogP contribution in [-0.4, -0.2) is 28.0 Å². The van der Waals surface area contributed by atoms with Crippen molar-refractivity contribution in [2.75, 3.05) is 13.7 Å². The number of sulfonamides is 1. The first kappa shape index (κ1) is 15.1. The third-order valence-corrected chi connectivity index (χ3v) is 4.06. The first-order valence-electron chi connectivity index (χ1n) is 5.48. The maximum absolute atomic E-state index is 12.0. The number of nitriles is 1. The maximum Gasteiger partial charge on any atom is 0.306 e. The van der Waals surface area contributed by atoms with Gasteiger partial charge >= 0.3 is 5.97 Å². The van der Waals surface area contributed by atoms with E-state index in [1.54, 1.807) is 19.1 Å². The van der Waals surface area contributed by atoms with Crippen LogP contribution in [0.25, 0.3) is 0 Å². The second-order valence-corrected chi connectivity index (χ2v) is 5.55. The molecule has 0 aromatic heterocycles. The Kier molecular flexibility index (Phi) is 5.03. The van der Waals surface area contributed by atoms with Crippen LogP contribution in [0.5, 0.6) is 0 Å². The molecule has 1 N–H and O–H groups in total. The number of nitrogens with one attached hydrogen (secondary N) is 1. The molecule has 19 heavy (non-hydrogen) atoms. The number of hydrogen-bond acceptors (Lipinski definition) is 5. The van der Waals surface area contributed by atoms with Crippen LogP contribution in [0.4, 0.5) is 0 Å². The Balaban J connectivity index is 2.89. The van der Waals surface area contributed by atoms with Crippen molar-refractivity contribution < 1.29 is 17.9 Å². The fourth-order valence-electron chi connectivity index (χ4n) is 1.43. The largest absolute Gasteiger partial charge is 0.469 e. The molecule has 0 aliphatic rings. The Morgan fingerprint density at radius 1 is 1.47 bits per heavy atom. The van der Waals surface area contributed by atoms with E-state index in [2.05, 4.69) is 9.46 Å². The van der Waals surface area contributed by atoms with Gasteiger partial charge < -0.3 is 4.74 Å². The van der Waals surface area contributed by atoms with E-state index in [0.29, 0.717) is 5.56 Å². The summed E-state index contributed by atoms with van der Waals surface area (Å²) in [6, 6.07) is 6.29. The molecule has 0 aliphatic carbocycles. The topological polar surface area (TPSA) is 96.3 Å². The predicted molar refractivity (Wildman–Crippen MR) is 67.7 cm³/mol. The van der Waals surface area contributed by atoms with Gasteiger partial charge in [0.1, 0.15) is 0 Å². The van der Waals surface area contributed by atoms with Crippen LogP contribution >= 0.6 is 0 Å². The SMILES string of the molecule is COC(=O)CCNS(=O)(=O)c1cc(C#N)ccc1C. The van der Waals surface area contributed by atoms with Crippen molar-refractivity contribution in [3.63, 3.8) is 0 Å². The van der Waals surface area contributed by atoms with E-state index in [-0.39, 0.29) is 23.4 Å². The molecule has 0 aliphatic heterocycles. The number of hydrogen-bond donors (Lipinski definition) is 1. The minimum Gasteiger partial charge on any atom is -0.469 e. The highest BCUT2D eigenvalue weighted by Crippen LogP contribution is 2.16. The van der Waals surface area contributed by atoms with Gasteiger partial charge in [0.05, 0.1) is 30.1 Å². The number of ether oxygens (including phenoxy) is 1. The quantitative estimate of drug-likeness (QED) is 0.802. The maximum atomic E-state index is 12.0. The molecule has 0 spiro atoms. The van der Waals surface area contributed by atoms with Gasteiger partial charge in [0, 0.05) is 6.54 Å². The molecule has 0 saturated heterocycles. The smallest absolute Gasteiger partial charge is 0.306 e. The fourth-order valence-corrected chi connectivity index (χ4v) is 2.73. The minimum atomic E-state index is -3.74. The van der Waals surface area contributed by atoms with E-state index in [1.165, 1.54) is 13.2 Å². The second kappa shape index (κ2) is 6.31. The van der Waals surface area contributed by atoms with Gasteiger partial charge in [-0.25, -0.2) is 13.1 Å². The van der Waals surface area contributed by atoms with Crippen molar-refractivity contribution in [2.24, 2.45) is 0 Å². The van der Waals surface area contributed by atoms with Crippen molar-refractivity contribution in [1.82, 2.24) is 4.72 Å². The molecule has 0 unspecified atom stereocenters. The summed E-state index contributed by atoms with van der Waals surface area (Å²) >= 11 is 0. The molecule has 1 aromatic carbocycles. The Labute approximate surface area is 112 Å². The normalized spacial score (nSPS) is 10.8. The van der Waals surface area contributed by atoms with E-state index in [0.717, 1.165) is 0 Å². The van der Waals surface area contributed by atoms with E-state index < -0.39 is 16.0 Å². The third-order valence-electron chi connectivity index (χ3n) is 2.46. The summed E-state index contributed by atoms with van der Waals surface area (Å²) in [5, 5.41) is 8.77. The minimum absolute atomic E-state index is 0.0383. The molecular weight excluding hydrogens is 268 g/mol. The first-order valence-corrected chi connectivity index (χ1v) is 6.96. The molecule has 0 fully saturated rings. The van der Waals surface area contributed by atoms with Crippen LogP contribution < -0.4 is 4.72 Å². The number of methoxy groups -OCH3 is 1. The van der Waals surface area contributed by atoms with Crippen LogP contribution in [0.3, 0.4) is 0 Å². The molecular formula is C12H14N2O4S. The van der Waals surface area contributed by atoms with Crippen LogP contribution in [0.15, 0.2) is 23.1 Å². The summed E-state index contributed by atoms with van der Waals surface area (Å²) in [5.41, 5.74) is 0.795. The lowest BCUT2D eigenvalue weighted by Gasteiger charge is -2.09. The fraction of sp³-hybridized carbons (Fsp3) is 0.333. The van der Waals surface area contributed by atoms with Gasteiger partial charge in [-0.2, -0.15) is 5.26 Å². The van der Waals surface area contributed by atoms with Crippen molar-refractivity contribution >= 4 is 16.0 Å². The number of aryl methyl sites for hydroxylation is 1. The number of carbonyl (C=O) groups is 1. The van der Waals surface area contributed by atoms with Gasteiger partial charge in [0.2, 0.25) is 10.0 Å². The predicted octanol–water partition coefficient (Wildman–Crippen LogP) is 0.708. The number of esters is 1. The van der Waals surface area contributed by atoms with Gasteiger partial charge in [0.25, 0.3) is 0 Å². The molecule has 0 heterocycles. The standard InChI is InChI=1S/C12H14N2O4S/c1-9-3-4-10(8-13)7-11(9)19(16,17)14-6-5-12(15)18-2/h3-4,7,14H,5-6H2,1-2H3. The van der Waals surface area contributed by atoms with Gasteiger partial charge in [0.15, 0.2) is 0 Å². The number of carbonyl (C=O) groups excluding carboxylic acids is 1. The monoisotopic (exact) mass is 282 g/mol. The highest BCUT2D eigenvalue weighted by atomic mass is 32.2. The van der Waals surface area contributed by atoms with Crippen molar-refractivity contribution in [1.29, 1.82) is 5.26 Å². The molecule has 6 nitrogen and oxygen atoms in total. The number of benzene rings is 1. The Hall–Kier alpha value is -1.91. The lowest BCUT2D eigenvalue weighted by atomic mass is 10.2. The van der Waals surface area contributed by atoms with E-state index >= 15 is 0 Å². The van der Waals surface area contributed by atoms with E-state index in [9.17, 15) is 13.2 Å². The summed E-state index contributed by atoms with van der Waals surface area (Å²) in [6.45, 7) is 1.58. The lowest BCUT2D eigenvalue weighted by Crippen LogP contribution is -2.27. The molecule has 7 heteroatoms. The van der Waals surface area contributed by atoms with Gasteiger partial charge in [-0.15, -0.1) is 0 Å². The molecule has 0 atom stereocenters. The van der Waals surface area contributed by atoms with Gasteiger partial charge in [-0.05, 0) is 24.6 Å². The van der Waals surface area contributed by atoms with Crippen LogP contribution in [0.1, 0.15) is 17.5 Å². The van der Waals surface area contributed by atoms with Gasteiger partial charge in [-0.1, -0.05) is 6.07 Å². The summed E-state index contributed by atoms with van der Waals surface area (Å²) in [6.07, 6.45) is -0.0489. The zero-order chi connectivity index (χ0) is 14.5. The Morgan fingerprint density at radius 3 is 2.74 bits per heavy atom. The van der Waals surface area contributed by atoms with Crippen LogP contribution in [0.2, 0.25) is 0 Å². The average molecular weight is 282 g/mol. The summed E-state index contributed by atoms with van der Waals surface area (Å²) in [4.78, 5) is 10.9. The first-order chi connectivity index (χ1) is 8.90. The van der Waals surface area contributed by atoms with Crippen molar-refractivity contribution in [3.8, 4) is 6.07 Å². The molecule has 0 radical (unpaired) electrons. The molecule has 0 amide bonds. The molecule has 102 valence electrons. The zero-order valence-electron chi connectivity index (χ0n) is 10.6. The Morgan fingerprint density at radius 2 is 2.16 bits per heavy atom. The van der Waals surface area contributed by atoms with Gasteiger partial charge in [-0.3, -0.25) is 4.79 Å². The van der Waals surface area contributed by atoms with Crippen LogP contribution in [-0.2, 0) is 19.6 Å². The van der Waals surface area contributed by atoms with Crippen LogP contribution in [0, 0.1) is 18.3 Å². The highest BCUT2D eigenvalue weighted by molar-refractivity contribution is 7.89. The van der Waals surface area contributed by atoms with Crippen molar-refractivity contribution in [3.05, 3.63) is 29.3 Å². The third kappa shape index (κ3) is 4.05. The summed E-state index contributed by atoms with van der Waals surface area (Å²) in [7, 11) is -2.50. The second-order valence-electron chi connectivity index (χ2n) is 3.82. The molecule has 1 aromatic rings. The zero-order valence-corrected chi connectivity index (χ0v) is 11.5. The molecule has 0 bridgehead atoms. The summed E-state index contributed by atoms with van der Waals surface area (Å²) in [5.74, 6) is -0.495. The Bertz CT molecular complexity index is 617. The average Bonchev–Trinajstić information content (AvgIpc) is 2.38. The van der Waals surface area contributed by atoms with E-state index in [4.69, 9.17) is 5.26 Å². The number of nitrogens with zero attached hydrogens (tertiary/aromatic N) is 1. The highest BCUT2D eigenvalue weighted by Gasteiger charge is 2.17. The molecule has 0 saturated carbocycles.